The summed E-state index contributed by atoms with van der Waals surface area (Å²) in [5.74, 6) is -0.238. The molecular formula is C23H19F4N3O2S. The van der Waals surface area contributed by atoms with Crippen LogP contribution in [0.4, 0.5) is 17.6 Å². The highest BCUT2D eigenvalue weighted by Gasteiger charge is 2.49. The zero-order valence-corrected chi connectivity index (χ0v) is 18.3. The number of fused-ring (bicyclic) bond motifs is 2. The number of benzene rings is 1. The van der Waals surface area contributed by atoms with E-state index in [0.29, 0.717) is 23.5 Å². The van der Waals surface area contributed by atoms with Crippen molar-refractivity contribution in [3.05, 3.63) is 64.7 Å². The predicted molar refractivity (Wildman–Crippen MR) is 113 cm³/mol. The third kappa shape index (κ3) is 4.19. The molecule has 2 fully saturated rings. The number of alkyl halides is 3. The van der Waals surface area contributed by atoms with Crippen LogP contribution in [0, 0.1) is 18.7 Å². The lowest BCUT2D eigenvalue weighted by molar-refractivity contribution is -0.137. The van der Waals surface area contributed by atoms with Crippen LogP contribution in [0.25, 0.3) is 10.4 Å². The van der Waals surface area contributed by atoms with Gasteiger partial charge in [-0.15, -0.1) is 11.3 Å². The number of halogens is 4. The Labute approximate surface area is 191 Å². The van der Waals surface area contributed by atoms with E-state index in [1.54, 1.807) is 17.0 Å². The standard InChI is InChI=1S/C23H19F4N3O2S/c1-12-29-20(21(33-12)14-2-5-16(24)6-3-14)22(31)30-11-13-8-17(30)18(9-13)32-19-7-4-15(10-28-19)23(25,26)27/h2-7,10,13,17-18H,8-9,11H2,1H3/t13?,17?,18-/m0/s1. The van der Waals surface area contributed by atoms with Gasteiger partial charge in [0.2, 0.25) is 5.88 Å². The van der Waals surface area contributed by atoms with Crippen LogP contribution < -0.4 is 4.74 Å². The van der Waals surface area contributed by atoms with Crippen molar-refractivity contribution < 1.29 is 27.1 Å². The summed E-state index contributed by atoms with van der Waals surface area (Å²) in [7, 11) is 0. The van der Waals surface area contributed by atoms with Crippen molar-refractivity contribution >= 4 is 17.2 Å². The first-order valence-corrected chi connectivity index (χ1v) is 11.2. The zero-order valence-electron chi connectivity index (χ0n) is 17.5. The quantitative estimate of drug-likeness (QED) is 0.475. The number of carbonyl (C=O) groups is 1. The first-order valence-electron chi connectivity index (χ1n) is 10.4. The normalized spacial score (nSPS) is 22.1. The lowest BCUT2D eigenvalue weighted by atomic mass is 10.1. The van der Waals surface area contributed by atoms with Gasteiger partial charge < -0.3 is 9.64 Å². The second-order valence-corrected chi connectivity index (χ2v) is 9.52. The van der Waals surface area contributed by atoms with Crippen LogP contribution >= 0.6 is 11.3 Å². The molecule has 1 aromatic carbocycles. The molecule has 172 valence electrons. The molecule has 0 N–H and O–H groups in total. The molecule has 2 aliphatic rings. The van der Waals surface area contributed by atoms with Crippen molar-refractivity contribution in [2.24, 2.45) is 5.92 Å². The first kappa shape index (κ1) is 21.8. The van der Waals surface area contributed by atoms with E-state index in [0.717, 1.165) is 29.3 Å². The predicted octanol–water partition coefficient (Wildman–Crippen LogP) is 5.35. The SMILES string of the molecule is Cc1nc(C(=O)N2CC3CC2[C@@H](Oc2ccc(C(F)(F)F)cn2)C3)c(-c2ccc(F)cc2)s1. The molecule has 1 aliphatic carbocycles. The number of carbonyl (C=O) groups excluding carboxylic acids is 1. The molecule has 3 heterocycles. The maximum atomic E-state index is 13.5. The first-order chi connectivity index (χ1) is 15.7. The monoisotopic (exact) mass is 477 g/mol. The maximum absolute atomic E-state index is 13.5. The van der Waals surface area contributed by atoms with Gasteiger partial charge >= 0.3 is 6.18 Å². The largest absolute Gasteiger partial charge is 0.472 e. The Kier molecular flexibility index (Phi) is 5.35. The minimum Gasteiger partial charge on any atom is -0.472 e. The summed E-state index contributed by atoms with van der Waals surface area (Å²) >= 11 is 1.37. The van der Waals surface area contributed by atoms with Gasteiger partial charge in [0.1, 0.15) is 17.6 Å². The highest BCUT2D eigenvalue weighted by molar-refractivity contribution is 7.15. The number of likely N-dealkylation sites (tertiary alicyclic amines) is 1. The molecule has 5 rings (SSSR count). The van der Waals surface area contributed by atoms with E-state index in [-0.39, 0.29) is 35.7 Å². The second-order valence-electron chi connectivity index (χ2n) is 8.32. The second kappa shape index (κ2) is 8.09. The van der Waals surface area contributed by atoms with Gasteiger partial charge in [-0.2, -0.15) is 13.2 Å². The van der Waals surface area contributed by atoms with Crippen LogP contribution in [-0.4, -0.2) is 39.5 Å². The van der Waals surface area contributed by atoms with Gasteiger partial charge in [-0.25, -0.2) is 14.4 Å². The minimum absolute atomic E-state index is 0.101. The Hall–Kier alpha value is -3.01. The fourth-order valence-electron chi connectivity index (χ4n) is 4.60. The number of hydrogen-bond acceptors (Lipinski definition) is 5. The summed E-state index contributed by atoms with van der Waals surface area (Å²) in [5, 5.41) is 0.726. The Balaban J connectivity index is 1.35. The number of nitrogens with zero attached hydrogens (tertiary/aromatic N) is 3. The smallest absolute Gasteiger partial charge is 0.417 e. The van der Waals surface area contributed by atoms with Crippen LogP contribution in [0.1, 0.15) is 33.9 Å². The van der Waals surface area contributed by atoms with Crippen molar-refractivity contribution in [3.63, 3.8) is 0 Å². The van der Waals surface area contributed by atoms with Gasteiger partial charge in [-0.1, -0.05) is 12.1 Å². The highest BCUT2D eigenvalue weighted by atomic mass is 32.1. The van der Waals surface area contributed by atoms with Crippen molar-refractivity contribution in [1.29, 1.82) is 0 Å². The lowest BCUT2D eigenvalue weighted by Gasteiger charge is -2.33. The number of aryl methyl sites for hydroxylation is 1. The molecule has 10 heteroatoms. The molecule has 1 saturated carbocycles. The molecule has 2 aromatic heterocycles. The Morgan fingerprint density at radius 2 is 1.91 bits per heavy atom. The maximum Gasteiger partial charge on any atom is 0.417 e. The summed E-state index contributed by atoms with van der Waals surface area (Å²) in [6.07, 6.45) is -2.61. The van der Waals surface area contributed by atoms with E-state index >= 15 is 0 Å². The van der Waals surface area contributed by atoms with Crippen molar-refractivity contribution in [2.45, 2.75) is 38.1 Å². The molecule has 5 nitrogen and oxygen atoms in total. The number of rotatable bonds is 4. The fraction of sp³-hybridized carbons (Fsp3) is 0.348. The van der Waals surface area contributed by atoms with Crippen LogP contribution in [0.3, 0.4) is 0 Å². The molecule has 33 heavy (non-hydrogen) atoms. The zero-order chi connectivity index (χ0) is 23.3. The number of piperidine rings is 1. The van der Waals surface area contributed by atoms with Crippen LogP contribution in [0.15, 0.2) is 42.6 Å². The number of thiazole rings is 1. The molecule has 3 atom stereocenters. The Morgan fingerprint density at radius 3 is 2.55 bits per heavy atom. The van der Waals surface area contributed by atoms with E-state index < -0.39 is 11.7 Å². The molecule has 3 aromatic rings. The summed E-state index contributed by atoms with van der Waals surface area (Å²) in [6.45, 7) is 2.38. The number of amides is 1. The van der Waals surface area contributed by atoms with Crippen molar-refractivity contribution in [3.8, 4) is 16.3 Å². The molecule has 1 saturated heterocycles. The Morgan fingerprint density at radius 1 is 1.15 bits per heavy atom. The fourth-order valence-corrected chi connectivity index (χ4v) is 5.52. The van der Waals surface area contributed by atoms with E-state index in [4.69, 9.17) is 4.74 Å². The molecular weight excluding hydrogens is 458 g/mol. The average molecular weight is 477 g/mol. The lowest BCUT2D eigenvalue weighted by Crippen LogP contribution is -2.47. The third-order valence-electron chi connectivity index (χ3n) is 6.06. The minimum atomic E-state index is -4.46. The van der Waals surface area contributed by atoms with Gasteiger partial charge in [-0.05, 0) is 49.4 Å². The summed E-state index contributed by atoms with van der Waals surface area (Å²) in [4.78, 5) is 24.1. The third-order valence-corrected chi connectivity index (χ3v) is 7.08. The average Bonchev–Trinajstić information content (AvgIpc) is 3.47. The van der Waals surface area contributed by atoms with Crippen LogP contribution in [0.5, 0.6) is 5.88 Å². The number of ether oxygens (including phenoxy) is 1. The van der Waals surface area contributed by atoms with Gasteiger partial charge in [0.25, 0.3) is 5.91 Å². The van der Waals surface area contributed by atoms with Crippen molar-refractivity contribution in [2.75, 3.05) is 6.54 Å². The van der Waals surface area contributed by atoms with Crippen LogP contribution in [0.2, 0.25) is 0 Å². The molecule has 1 amide bonds. The number of pyridine rings is 1. The van der Waals surface area contributed by atoms with Gasteiger partial charge in [0.05, 0.1) is 21.5 Å². The summed E-state index contributed by atoms with van der Waals surface area (Å²) in [6, 6.07) is 7.86. The molecule has 2 bridgehead atoms. The summed E-state index contributed by atoms with van der Waals surface area (Å²) < 4.78 is 57.6. The molecule has 2 unspecified atom stereocenters. The van der Waals surface area contributed by atoms with Gasteiger partial charge in [0.15, 0.2) is 0 Å². The van der Waals surface area contributed by atoms with E-state index in [9.17, 15) is 22.4 Å². The topological polar surface area (TPSA) is 55.3 Å². The summed E-state index contributed by atoms with van der Waals surface area (Å²) in [5.41, 5.74) is 0.200. The van der Waals surface area contributed by atoms with Gasteiger partial charge in [-0.3, -0.25) is 4.79 Å². The molecule has 0 radical (unpaired) electrons. The Bertz CT molecular complexity index is 1180. The van der Waals surface area contributed by atoms with E-state index in [2.05, 4.69) is 9.97 Å². The van der Waals surface area contributed by atoms with Gasteiger partial charge in [0, 0.05) is 18.8 Å². The van der Waals surface area contributed by atoms with Crippen LogP contribution in [-0.2, 0) is 6.18 Å². The van der Waals surface area contributed by atoms with E-state index in [1.165, 1.54) is 29.5 Å². The van der Waals surface area contributed by atoms with Crippen molar-refractivity contribution in [1.82, 2.24) is 14.9 Å². The molecule has 1 aliphatic heterocycles. The number of hydrogen-bond donors (Lipinski definition) is 0. The van der Waals surface area contributed by atoms with E-state index in [1.807, 2.05) is 6.92 Å². The highest BCUT2D eigenvalue weighted by Crippen LogP contribution is 2.42. The molecule has 0 spiro atoms. The number of aromatic nitrogens is 2.